The Morgan fingerprint density at radius 1 is 1.26 bits per heavy atom. The van der Waals surface area contributed by atoms with Crippen LogP contribution in [0.5, 0.6) is 0 Å². The maximum absolute atomic E-state index is 9.20. The third kappa shape index (κ3) is 8.25. The van der Waals surface area contributed by atoms with Crippen molar-refractivity contribution >= 4 is 29.9 Å². The van der Waals surface area contributed by atoms with Gasteiger partial charge in [-0.05, 0) is 37.3 Å². The highest BCUT2D eigenvalue weighted by atomic mass is 127. The van der Waals surface area contributed by atoms with Gasteiger partial charge in [-0.15, -0.1) is 24.0 Å². The standard InChI is InChI=1S/C19H30N6O.HI/c1-3-6-15(9-10-26)12-21-19(20-4-2)22-13-16-7-5-8-17(11-16)18-23-14-24-25-18;/h5,7-8,11,14-15,26H,3-4,6,9-10,12-13H2,1-2H3,(H2,20,21,22)(H,23,24,25);1H. The van der Waals surface area contributed by atoms with E-state index >= 15 is 0 Å². The summed E-state index contributed by atoms with van der Waals surface area (Å²) in [6.45, 7) is 6.66. The number of hydrogen-bond donors (Lipinski definition) is 4. The number of aliphatic hydroxyl groups is 1. The molecule has 4 N–H and O–H groups in total. The summed E-state index contributed by atoms with van der Waals surface area (Å²) in [4.78, 5) is 8.87. The lowest BCUT2D eigenvalue weighted by Gasteiger charge is -2.18. The SMILES string of the molecule is CCCC(CCO)CNC(=NCc1cccc(-c2ncn[nH]2)c1)NCC.I. The van der Waals surface area contributed by atoms with Crippen LogP contribution in [0.25, 0.3) is 11.4 Å². The van der Waals surface area contributed by atoms with E-state index < -0.39 is 0 Å². The molecule has 0 fully saturated rings. The van der Waals surface area contributed by atoms with Gasteiger partial charge in [0, 0.05) is 25.3 Å². The number of hydrogen-bond acceptors (Lipinski definition) is 4. The van der Waals surface area contributed by atoms with Crippen LogP contribution in [-0.4, -0.2) is 45.9 Å². The maximum atomic E-state index is 9.20. The number of aromatic nitrogens is 3. The molecule has 0 aliphatic carbocycles. The molecule has 0 spiro atoms. The van der Waals surface area contributed by atoms with E-state index in [0.29, 0.717) is 12.5 Å². The van der Waals surface area contributed by atoms with Crippen molar-refractivity contribution in [2.75, 3.05) is 19.7 Å². The van der Waals surface area contributed by atoms with Crippen molar-refractivity contribution in [2.45, 2.75) is 39.7 Å². The average Bonchev–Trinajstić information content (AvgIpc) is 3.19. The number of aliphatic imine (C=N–C) groups is 1. The molecule has 0 radical (unpaired) electrons. The summed E-state index contributed by atoms with van der Waals surface area (Å²) in [6.07, 6.45) is 4.55. The summed E-state index contributed by atoms with van der Waals surface area (Å²) < 4.78 is 0. The molecule has 150 valence electrons. The number of nitrogens with zero attached hydrogens (tertiary/aromatic N) is 3. The number of benzene rings is 1. The zero-order valence-electron chi connectivity index (χ0n) is 16.1. The molecule has 0 bridgehead atoms. The Morgan fingerprint density at radius 3 is 2.78 bits per heavy atom. The summed E-state index contributed by atoms with van der Waals surface area (Å²) in [6, 6.07) is 8.13. The van der Waals surface area contributed by atoms with Gasteiger partial charge < -0.3 is 15.7 Å². The predicted octanol–water partition coefficient (Wildman–Crippen LogP) is 2.94. The molecular formula is C19H31IN6O. The summed E-state index contributed by atoms with van der Waals surface area (Å²) >= 11 is 0. The Morgan fingerprint density at radius 2 is 2.11 bits per heavy atom. The second-order valence-corrected chi connectivity index (χ2v) is 6.28. The molecule has 1 heterocycles. The molecule has 0 aliphatic heterocycles. The van der Waals surface area contributed by atoms with Crippen LogP contribution < -0.4 is 10.6 Å². The highest BCUT2D eigenvalue weighted by Crippen LogP contribution is 2.16. The Hall–Kier alpha value is -1.68. The van der Waals surface area contributed by atoms with Crippen molar-refractivity contribution in [1.29, 1.82) is 0 Å². The van der Waals surface area contributed by atoms with Gasteiger partial charge in [-0.1, -0.05) is 31.5 Å². The van der Waals surface area contributed by atoms with E-state index in [1.165, 1.54) is 6.33 Å². The van der Waals surface area contributed by atoms with Crippen molar-refractivity contribution in [1.82, 2.24) is 25.8 Å². The molecule has 8 heteroatoms. The fourth-order valence-corrected chi connectivity index (χ4v) is 2.85. The molecule has 1 aromatic carbocycles. The number of H-pyrrole nitrogens is 1. The molecule has 1 aromatic heterocycles. The van der Waals surface area contributed by atoms with Gasteiger partial charge in [-0.25, -0.2) is 9.98 Å². The number of guanidine groups is 1. The minimum Gasteiger partial charge on any atom is -0.396 e. The van der Waals surface area contributed by atoms with E-state index in [4.69, 9.17) is 0 Å². The second kappa shape index (κ2) is 13.5. The smallest absolute Gasteiger partial charge is 0.191 e. The number of aliphatic hydroxyl groups excluding tert-OH is 1. The third-order valence-corrected chi connectivity index (χ3v) is 4.17. The molecule has 0 saturated carbocycles. The summed E-state index contributed by atoms with van der Waals surface area (Å²) in [5.41, 5.74) is 2.11. The van der Waals surface area contributed by atoms with Crippen molar-refractivity contribution in [3.63, 3.8) is 0 Å². The molecule has 1 unspecified atom stereocenters. The van der Waals surface area contributed by atoms with E-state index in [1.807, 2.05) is 12.1 Å². The zero-order chi connectivity index (χ0) is 18.6. The Kier molecular flexibility index (Phi) is 11.7. The molecule has 27 heavy (non-hydrogen) atoms. The van der Waals surface area contributed by atoms with Gasteiger partial charge in [0.25, 0.3) is 0 Å². The Balaban J connectivity index is 0.00000364. The van der Waals surface area contributed by atoms with Crippen LogP contribution in [0.15, 0.2) is 35.6 Å². The zero-order valence-corrected chi connectivity index (χ0v) is 18.4. The van der Waals surface area contributed by atoms with E-state index in [2.05, 4.69) is 56.8 Å². The van der Waals surface area contributed by atoms with E-state index in [-0.39, 0.29) is 30.6 Å². The van der Waals surface area contributed by atoms with Crippen molar-refractivity contribution in [2.24, 2.45) is 10.9 Å². The molecule has 2 rings (SSSR count). The first kappa shape index (κ1) is 23.4. The maximum Gasteiger partial charge on any atom is 0.191 e. The minimum absolute atomic E-state index is 0. The Labute approximate surface area is 178 Å². The van der Waals surface area contributed by atoms with Crippen molar-refractivity contribution in [3.05, 3.63) is 36.2 Å². The number of halogens is 1. The first-order chi connectivity index (χ1) is 12.8. The summed E-state index contributed by atoms with van der Waals surface area (Å²) in [5.74, 6) is 2.02. The van der Waals surface area contributed by atoms with Gasteiger partial charge >= 0.3 is 0 Å². The van der Waals surface area contributed by atoms with Gasteiger partial charge in [0.15, 0.2) is 11.8 Å². The number of aromatic amines is 1. The van der Waals surface area contributed by atoms with Crippen LogP contribution in [0.3, 0.4) is 0 Å². The highest BCUT2D eigenvalue weighted by molar-refractivity contribution is 14.0. The Bertz CT molecular complexity index is 656. The molecule has 1 atom stereocenters. The summed E-state index contributed by atoms with van der Waals surface area (Å²) in [7, 11) is 0. The topological polar surface area (TPSA) is 98.2 Å². The lowest BCUT2D eigenvalue weighted by Crippen LogP contribution is -2.40. The van der Waals surface area contributed by atoms with Crippen LogP contribution in [0.4, 0.5) is 0 Å². The largest absolute Gasteiger partial charge is 0.396 e. The molecule has 7 nitrogen and oxygen atoms in total. The lowest BCUT2D eigenvalue weighted by molar-refractivity contribution is 0.251. The molecular weight excluding hydrogens is 455 g/mol. The average molecular weight is 486 g/mol. The van der Waals surface area contributed by atoms with Crippen LogP contribution in [0.1, 0.15) is 38.7 Å². The van der Waals surface area contributed by atoms with E-state index in [0.717, 1.165) is 55.3 Å². The monoisotopic (exact) mass is 486 g/mol. The quantitative estimate of drug-likeness (QED) is 0.235. The fraction of sp³-hybridized carbons (Fsp3) is 0.526. The lowest BCUT2D eigenvalue weighted by atomic mass is 10.0. The normalized spacial score (nSPS) is 12.3. The molecule has 0 saturated heterocycles. The first-order valence-electron chi connectivity index (χ1n) is 9.34. The number of nitrogens with one attached hydrogen (secondary N) is 3. The number of rotatable bonds is 10. The van der Waals surface area contributed by atoms with Crippen LogP contribution in [0, 0.1) is 5.92 Å². The van der Waals surface area contributed by atoms with Crippen molar-refractivity contribution < 1.29 is 5.11 Å². The van der Waals surface area contributed by atoms with Crippen LogP contribution in [0.2, 0.25) is 0 Å². The molecule has 2 aromatic rings. The van der Waals surface area contributed by atoms with Gasteiger partial charge in [0.2, 0.25) is 0 Å². The van der Waals surface area contributed by atoms with Gasteiger partial charge in [0.05, 0.1) is 6.54 Å². The van der Waals surface area contributed by atoms with Crippen LogP contribution >= 0.6 is 24.0 Å². The van der Waals surface area contributed by atoms with Gasteiger partial charge in [0.1, 0.15) is 6.33 Å². The second-order valence-electron chi connectivity index (χ2n) is 6.28. The van der Waals surface area contributed by atoms with Gasteiger partial charge in [-0.2, -0.15) is 5.10 Å². The van der Waals surface area contributed by atoms with E-state index in [9.17, 15) is 5.11 Å². The third-order valence-electron chi connectivity index (χ3n) is 4.17. The van der Waals surface area contributed by atoms with E-state index in [1.54, 1.807) is 0 Å². The van der Waals surface area contributed by atoms with Crippen molar-refractivity contribution in [3.8, 4) is 11.4 Å². The summed E-state index contributed by atoms with van der Waals surface area (Å²) in [5, 5.41) is 22.7. The first-order valence-corrected chi connectivity index (χ1v) is 9.34. The highest BCUT2D eigenvalue weighted by Gasteiger charge is 2.08. The predicted molar refractivity (Wildman–Crippen MR) is 120 cm³/mol. The fourth-order valence-electron chi connectivity index (χ4n) is 2.85. The minimum atomic E-state index is 0. The van der Waals surface area contributed by atoms with Gasteiger partial charge in [-0.3, -0.25) is 5.10 Å². The molecule has 0 amide bonds. The molecule has 0 aliphatic rings. The van der Waals surface area contributed by atoms with Crippen LogP contribution in [-0.2, 0) is 6.54 Å².